The van der Waals surface area contributed by atoms with Gasteiger partial charge in [0.2, 0.25) is 5.91 Å². The predicted octanol–water partition coefficient (Wildman–Crippen LogP) is 2.20. The van der Waals surface area contributed by atoms with Crippen molar-refractivity contribution in [2.24, 2.45) is 5.92 Å². The number of para-hydroxylation sites is 1. The summed E-state index contributed by atoms with van der Waals surface area (Å²) in [5, 5.41) is 1.74. The van der Waals surface area contributed by atoms with Crippen LogP contribution in [0.2, 0.25) is 0 Å². The molecule has 82 valence electrons. The lowest BCUT2D eigenvalue weighted by atomic mass is 10.1. The number of anilines is 1. The number of nitrogens with zero attached hydrogens (tertiary/aromatic N) is 1. The van der Waals surface area contributed by atoms with Crippen molar-refractivity contribution in [1.82, 2.24) is 5.43 Å². The summed E-state index contributed by atoms with van der Waals surface area (Å²) in [4.78, 5) is 11.5. The maximum Gasteiger partial charge on any atom is 0.238 e. The zero-order valence-electron chi connectivity index (χ0n) is 9.53. The summed E-state index contributed by atoms with van der Waals surface area (Å²) in [5.74, 6) is 0.436. The summed E-state index contributed by atoms with van der Waals surface area (Å²) in [7, 11) is 1.84. The second-order valence-electron chi connectivity index (χ2n) is 4.03. The molecule has 0 heterocycles. The van der Waals surface area contributed by atoms with Crippen LogP contribution in [0.5, 0.6) is 0 Å². The summed E-state index contributed by atoms with van der Waals surface area (Å²) in [6, 6.07) is 9.75. The number of carbonyl (C=O) groups excluding carboxylic acids is 1. The van der Waals surface area contributed by atoms with Crippen molar-refractivity contribution in [2.45, 2.75) is 20.3 Å². The topological polar surface area (TPSA) is 32.3 Å². The SMILES string of the molecule is CC(C)CC(=O)NN(C)c1ccccc1. The van der Waals surface area contributed by atoms with E-state index in [1.165, 1.54) is 0 Å². The molecule has 1 rings (SSSR count). The van der Waals surface area contributed by atoms with E-state index < -0.39 is 0 Å². The summed E-state index contributed by atoms with van der Waals surface area (Å²) in [5.41, 5.74) is 3.80. The van der Waals surface area contributed by atoms with Gasteiger partial charge in [-0.3, -0.25) is 15.2 Å². The molecule has 0 aromatic heterocycles. The second kappa shape index (κ2) is 5.39. The van der Waals surface area contributed by atoms with Gasteiger partial charge in [0, 0.05) is 13.5 Å². The number of hydrogen-bond donors (Lipinski definition) is 1. The first-order valence-corrected chi connectivity index (χ1v) is 5.18. The fourth-order valence-electron chi connectivity index (χ4n) is 1.32. The van der Waals surface area contributed by atoms with E-state index in [9.17, 15) is 4.79 Å². The molecule has 0 spiro atoms. The van der Waals surface area contributed by atoms with Crippen LogP contribution in [-0.2, 0) is 4.79 Å². The zero-order valence-corrected chi connectivity index (χ0v) is 9.53. The van der Waals surface area contributed by atoms with Crippen molar-refractivity contribution in [3.05, 3.63) is 30.3 Å². The maximum absolute atomic E-state index is 11.5. The summed E-state index contributed by atoms with van der Waals surface area (Å²) in [6.07, 6.45) is 0.553. The lowest BCUT2D eigenvalue weighted by Gasteiger charge is -2.20. The smallest absolute Gasteiger partial charge is 0.238 e. The van der Waals surface area contributed by atoms with Gasteiger partial charge in [-0.1, -0.05) is 32.0 Å². The second-order valence-corrected chi connectivity index (χ2v) is 4.03. The molecule has 1 aromatic carbocycles. The Balaban J connectivity index is 2.49. The molecule has 0 saturated heterocycles. The van der Waals surface area contributed by atoms with E-state index >= 15 is 0 Å². The molecule has 0 unspecified atom stereocenters. The molecular weight excluding hydrogens is 188 g/mol. The molecule has 1 amide bonds. The molecule has 0 fully saturated rings. The first kappa shape index (κ1) is 11.6. The molecule has 0 aliphatic heterocycles. The van der Waals surface area contributed by atoms with Crippen molar-refractivity contribution in [1.29, 1.82) is 0 Å². The number of carbonyl (C=O) groups is 1. The Morgan fingerprint density at radius 1 is 1.33 bits per heavy atom. The largest absolute Gasteiger partial charge is 0.289 e. The Labute approximate surface area is 91.1 Å². The molecule has 1 aromatic rings. The molecule has 0 saturated carbocycles. The molecule has 0 bridgehead atoms. The number of rotatable bonds is 4. The molecule has 3 nitrogen and oxygen atoms in total. The van der Waals surface area contributed by atoms with E-state index in [0.717, 1.165) is 5.69 Å². The van der Waals surface area contributed by atoms with Crippen molar-refractivity contribution in [2.75, 3.05) is 12.1 Å². The van der Waals surface area contributed by atoms with Crippen LogP contribution in [0.25, 0.3) is 0 Å². The molecule has 15 heavy (non-hydrogen) atoms. The number of hydrogen-bond acceptors (Lipinski definition) is 2. The highest BCUT2D eigenvalue weighted by atomic mass is 16.2. The van der Waals surface area contributed by atoms with Gasteiger partial charge in [0.15, 0.2) is 0 Å². The Morgan fingerprint density at radius 3 is 2.47 bits per heavy atom. The van der Waals surface area contributed by atoms with Crippen LogP contribution in [0.3, 0.4) is 0 Å². The van der Waals surface area contributed by atoms with Crippen molar-refractivity contribution < 1.29 is 4.79 Å². The lowest BCUT2D eigenvalue weighted by Crippen LogP contribution is -2.39. The summed E-state index contributed by atoms with van der Waals surface area (Å²) < 4.78 is 0. The fourth-order valence-corrected chi connectivity index (χ4v) is 1.32. The Hall–Kier alpha value is -1.51. The highest BCUT2D eigenvalue weighted by Crippen LogP contribution is 2.09. The average molecular weight is 206 g/mol. The van der Waals surface area contributed by atoms with Gasteiger partial charge in [-0.25, -0.2) is 0 Å². The van der Waals surface area contributed by atoms with Gasteiger partial charge < -0.3 is 0 Å². The van der Waals surface area contributed by atoms with E-state index in [1.54, 1.807) is 5.01 Å². The molecule has 0 aliphatic carbocycles. The quantitative estimate of drug-likeness (QED) is 0.766. The molecule has 1 N–H and O–H groups in total. The first-order chi connectivity index (χ1) is 7.09. The molecule has 3 heteroatoms. The Morgan fingerprint density at radius 2 is 1.93 bits per heavy atom. The maximum atomic E-state index is 11.5. The van der Waals surface area contributed by atoms with Gasteiger partial charge in [-0.15, -0.1) is 0 Å². The first-order valence-electron chi connectivity index (χ1n) is 5.18. The van der Waals surface area contributed by atoms with Crippen molar-refractivity contribution in [3.63, 3.8) is 0 Å². The third kappa shape index (κ3) is 4.02. The van der Waals surface area contributed by atoms with Gasteiger partial charge in [0.1, 0.15) is 0 Å². The van der Waals surface area contributed by atoms with E-state index in [0.29, 0.717) is 12.3 Å². The van der Waals surface area contributed by atoms with Crippen LogP contribution in [-0.4, -0.2) is 13.0 Å². The number of nitrogens with one attached hydrogen (secondary N) is 1. The van der Waals surface area contributed by atoms with Crippen molar-refractivity contribution >= 4 is 11.6 Å². The third-order valence-corrected chi connectivity index (χ3v) is 2.03. The predicted molar refractivity (Wildman–Crippen MR) is 62.4 cm³/mol. The number of benzene rings is 1. The number of amides is 1. The molecular formula is C12H18N2O. The van der Waals surface area contributed by atoms with E-state index in [-0.39, 0.29) is 5.91 Å². The summed E-state index contributed by atoms with van der Waals surface area (Å²) >= 11 is 0. The van der Waals surface area contributed by atoms with Gasteiger partial charge >= 0.3 is 0 Å². The Bertz CT molecular complexity index is 309. The highest BCUT2D eigenvalue weighted by molar-refractivity contribution is 5.77. The van der Waals surface area contributed by atoms with Crippen LogP contribution in [0, 0.1) is 5.92 Å². The highest BCUT2D eigenvalue weighted by Gasteiger charge is 2.07. The minimum atomic E-state index is 0.0522. The van der Waals surface area contributed by atoms with Crippen LogP contribution >= 0.6 is 0 Å². The lowest BCUT2D eigenvalue weighted by molar-refractivity contribution is -0.121. The van der Waals surface area contributed by atoms with Gasteiger partial charge in [0.25, 0.3) is 0 Å². The van der Waals surface area contributed by atoms with E-state index in [4.69, 9.17) is 0 Å². The van der Waals surface area contributed by atoms with Gasteiger partial charge in [-0.05, 0) is 18.1 Å². The number of hydrazine groups is 1. The molecule has 0 atom stereocenters. The van der Waals surface area contributed by atoms with Gasteiger partial charge in [0.05, 0.1) is 5.69 Å². The van der Waals surface area contributed by atoms with Crippen molar-refractivity contribution in [3.8, 4) is 0 Å². The normalized spacial score (nSPS) is 10.1. The van der Waals surface area contributed by atoms with Crippen LogP contribution in [0.4, 0.5) is 5.69 Å². The van der Waals surface area contributed by atoms with Crippen LogP contribution < -0.4 is 10.4 Å². The third-order valence-electron chi connectivity index (χ3n) is 2.03. The van der Waals surface area contributed by atoms with E-state index in [1.807, 2.05) is 51.2 Å². The monoisotopic (exact) mass is 206 g/mol. The van der Waals surface area contributed by atoms with Crippen LogP contribution in [0.15, 0.2) is 30.3 Å². The van der Waals surface area contributed by atoms with Crippen LogP contribution in [0.1, 0.15) is 20.3 Å². The minimum absolute atomic E-state index is 0.0522. The van der Waals surface area contributed by atoms with E-state index in [2.05, 4.69) is 5.43 Å². The fraction of sp³-hybridized carbons (Fsp3) is 0.417. The standard InChI is InChI=1S/C12H18N2O/c1-10(2)9-12(15)13-14(3)11-7-5-4-6-8-11/h4-8,10H,9H2,1-3H3,(H,13,15). The molecule has 0 aliphatic rings. The Kier molecular flexibility index (Phi) is 4.16. The zero-order chi connectivity index (χ0) is 11.3. The average Bonchev–Trinajstić information content (AvgIpc) is 2.17. The van der Waals surface area contributed by atoms with Gasteiger partial charge in [-0.2, -0.15) is 0 Å². The summed E-state index contributed by atoms with van der Waals surface area (Å²) in [6.45, 7) is 4.06. The molecule has 0 radical (unpaired) electrons. The minimum Gasteiger partial charge on any atom is -0.289 e.